The molecule has 3 aromatic carbocycles. The lowest BCUT2D eigenvalue weighted by molar-refractivity contribution is -0.141. The first-order valence-electron chi connectivity index (χ1n) is 13.1. The minimum absolute atomic E-state index is 0.0767. The zero-order valence-corrected chi connectivity index (χ0v) is 24.5. The molecule has 0 aliphatic carbocycles. The van der Waals surface area contributed by atoms with Crippen LogP contribution in [-0.4, -0.2) is 46.9 Å². The number of esters is 1. The molecule has 0 N–H and O–H groups in total. The molecule has 5 nitrogen and oxygen atoms in total. The number of hydrogen-bond acceptors (Lipinski definition) is 4. The van der Waals surface area contributed by atoms with Crippen molar-refractivity contribution in [2.45, 2.75) is 43.4 Å². The van der Waals surface area contributed by atoms with Crippen LogP contribution in [-0.2, 0) is 38.0 Å². The summed E-state index contributed by atoms with van der Waals surface area (Å²) >= 11 is 12.2. The van der Waals surface area contributed by atoms with E-state index in [1.54, 1.807) is 18.2 Å². The Balaban J connectivity index is 1.74. The third kappa shape index (κ3) is 10.4. The fourth-order valence-corrected chi connectivity index (χ4v) is 6.10. The van der Waals surface area contributed by atoms with Crippen LogP contribution in [0.25, 0.3) is 0 Å². The molecule has 0 radical (unpaired) electrons. The van der Waals surface area contributed by atoms with Crippen molar-refractivity contribution in [2.24, 2.45) is 5.92 Å². The van der Waals surface area contributed by atoms with Gasteiger partial charge in [-0.25, -0.2) is 0 Å². The van der Waals surface area contributed by atoms with E-state index in [1.807, 2.05) is 41.3 Å². The molecule has 0 bridgehead atoms. The lowest BCUT2D eigenvalue weighted by Gasteiger charge is -2.28. The number of ether oxygens (including phenoxy) is 1. The molecule has 2 unspecified atom stereocenters. The Bertz CT molecular complexity index is 1180. The van der Waals surface area contributed by atoms with Crippen molar-refractivity contribution in [2.75, 3.05) is 26.0 Å². The molecule has 3 aromatic rings. The predicted molar refractivity (Wildman–Crippen MR) is 159 cm³/mol. The zero-order valence-electron chi connectivity index (χ0n) is 22.2. The number of amides is 1. The van der Waals surface area contributed by atoms with Gasteiger partial charge in [0.25, 0.3) is 0 Å². The minimum Gasteiger partial charge on any atom is -0.469 e. The summed E-state index contributed by atoms with van der Waals surface area (Å²) in [6.07, 6.45) is 3.65. The van der Waals surface area contributed by atoms with Gasteiger partial charge in [0.2, 0.25) is 5.91 Å². The summed E-state index contributed by atoms with van der Waals surface area (Å²) in [5, 5.41) is 0.683. The Kier molecular flexibility index (Phi) is 13.0. The molecule has 1 amide bonds. The van der Waals surface area contributed by atoms with Crippen LogP contribution >= 0.6 is 23.2 Å². The highest BCUT2D eigenvalue weighted by molar-refractivity contribution is 7.85. The lowest BCUT2D eigenvalue weighted by atomic mass is 10.0. The molecule has 0 aliphatic rings. The molecule has 2 atom stereocenters. The van der Waals surface area contributed by atoms with Gasteiger partial charge in [-0.15, -0.1) is 0 Å². The second-order valence-electron chi connectivity index (χ2n) is 9.40. The highest BCUT2D eigenvalue weighted by atomic mass is 35.5. The average Bonchev–Trinajstić information content (AvgIpc) is 2.96. The minimum atomic E-state index is -1.50. The Morgan fingerprint density at radius 1 is 0.846 bits per heavy atom. The first kappa shape index (κ1) is 30.9. The molecule has 8 heteroatoms. The Hall–Kier alpha value is -2.67. The smallest absolute Gasteiger partial charge is 0.305 e. The van der Waals surface area contributed by atoms with Crippen LogP contribution in [0.2, 0.25) is 10.0 Å². The van der Waals surface area contributed by atoms with Crippen molar-refractivity contribution in [1.29, 1.82) is 0 Å². The standard InChI is InChI=1S/C31H35Cl2NO4S/c1-38-30(35)19-16-26(23-39(37)27-17-18-28(32)29(33)22-27)31(36)34(20-8-14-24-10-4-2-5-11-24)21-9-15-25-12-6-3-7-13-25/h2-7,10-13,17-18,22,26H,8-9,14-16,19-21,23H2,1H3. The van der Waals surface area contributed by atoms with Crippen LogP contribution in [0, 0.1) is 5.92 Å². The van der Waals surface area contributed by atoms with Crippen LogP contribution in [0.3, 0.4) is 0 Å². The summed E-state index contributed by atoms with van der Waals surface area (Å²) in [7, 11) is -0.173. The molecule has 39 heavy (non-hydrogen) atoms. The lowest BCUT2D eigenvalue weighted by Crippen LogP contribution is -2.40. The molecular formula is C31H35Cl2NO4S. The Morgan fingerprint density at radius 3 is 1.92 bits per heavy atom. The van der Waals surface area contributed by atoms with Gasteiger partial charge in [-0.1, -0.05) is 83.9 Å². The SMILES string of the molecule is COC(=O)CCC(CS(=O)c1ccc(Cl)c(Cl)c1)C(=O)N(CCCc1ccccc1)CCCc1ccccc1. The maximum Gasteiger partial charge on any atom is 0.305 e. The largest absolute Gasteiger partial charge is 0.469 e. The number of nitrogens with zero attached hydrogens (tertiary/aromatic N) is 1. The van der Waals surface area contributed by atoms with Crippen molar-refractivity contribution in [3.8, 4) is 0 Å². The number of carbonyl (C=O) groups is 2. The number of rotatable bonds is 15. The van der Waals surface area contributed by atoms with E-state index in [2.05, 4.69) is 24.3 Å². The monoisotopic (exact) mass is 587 g/mol. The molecule has 3 rings (SSSR count). The van der Waals surface area contributed by atoms with Crippen molar-refractivity contribution in [3.63, 3.8) is 0 Å². The highest BCUT2D eigenvalue weighted by Crippen LogP contribution is 2.26. The normalized spacial score (nSPS) is 12.5. The van der Waals surface area contributed by atoms with Gasteiger partial charge in [-0.05, 0) is 61.4 Å². The molecule has 0 heterocycles. The predicted octanol–water partition coefficient (Wildman–Crippen LogP) is 6.76. The van der Waals surface area contributed by atoms with Crippen LogP contribution in [0.15, 0.2) is 83.8 Å². The third-order valence-corrected chi connectivity index (χ3v) is 8.79. The van der Waals surface area contributed by atoms with Gasteiger partial charge in [-0.3, -0.25) is 13.8 Å². The van der Waals surface area contributed by atoms with Gasteiger partial charge in [-0.2, -0.15) is 0 Å². The van der Waals surface area contributed by atoms with Crippen molar-refractivity contribution in [3.05, 3.63) is 100 Å². The number of methoxy groups -OCH3 is 1. The molecular weight excluding hydrogens is 553 g/mol. The van der Waals surface area contributed by atoms with Crippen LogP contribution in [0.5, 0.6) is 0 Å². The molecule has 0 aliphatic heterocycles. The number of benzene rings is 3. The van der Waals surface area contributed by atoms with Crippen molar-refractivity contribution >= 4 is 45.9 Å². The second-order valence-corrected chi connectivity index (χ2v) is 11.7. The first-order valence-corrected chi connectivity index (χ1v) is 15.2. The van der Waals surface area contributed by atoms with Gasteiger partial charge < -0.3 is 9.64 Å². The highest BCUT2D eigenvalue weighted by Gasteiger charge is 2.27. The second kappa shape index (κ2) is 16.4. The Morgan fingerprint density at radius 2 is 1.41 bits per heavy atom. The maximum atomic E-state index is 13.9. The summed E-state index contributed by atoms with van der Waals surface area (Å²) in [6, 6.07) is 25.2. The quantitative estimate of drug-likeness (QED) is 0.184. The van der Waals surface area contributed by atoms with Crippen LogP contribution in [0.1, 0.15) is 36.8 Å². The summed E-state index contributed by atoms with van der Waals surface area (Å²) in [5.41, 5.74) is 2.44. The van der Waals surface area contributed by atoms with E-state index in [0.29, 0.717) is 28.0 Å². The number of hydrogen-bond donors (Lipinski definition) is 0. The van der Waals surface area contributed by atoms with E-state index < -0.39 is 22.7 Å². The van der Waals surface area contributed by atoms with Crippen molar-refractivity contribution < 1.29 is 18.5 Å². The van der Waals surface area contributed by atoms with E-state index in [1.165, 1.54) is 18.2 Å². The van der Waals surface area contributed by atoms with E-state index in [0.717, 1.165) is 25.7 Å². The van der Waals surface area contributed by atoms with E-state index in [-0.39, 0.29) is 24.5 Å². The number of halogens is 2. The van der Waals surface area contributed by atoms with Crippen LogP contribution < -0.4 is 0 Å². The average molecular weight is 589 g/mol. The van der Waals surface area contributed by atoms with Gasteiger partial charge in [0.1, 0.15) is 0 Å². The molecule has 0 spiro atoms. The van der Waals surface area contributed by atoms with Crippen LogP contribution in [0.4, 0.5) is 0 Å². The number of aryl methyl sites for hydroxylation is 2. The first-order chi connectivity index (χ1) is 18.9. The summed E-state index contributed by atoms with van der Waals surface area (Å²) in [6.45, 7) is 1.16. The van der Waals surface area contributed by atoms with Gasteiger partial charge in [0, 0.05) is 30.2 Å². The third-order valence-electron chi connectivity index (χ3n) is 6.56. The number of carbonyl (C=O) groups excluding carboxylic acids is 2. The molecule has 208 valence electrons. The van der Waals surface area contributed by atoms with Gasteiger partial charge in [0.05, 0.1) is 33.9 Å². The van der Waals surface area contributed by atoms with E-state index >= 15 is 0 Å². The summed E-state index contributed by atoms with van der Waals surface area (Å²) < 4.78 is 18.1. The van der Waals surface area contributed by atoms with Gasteiger partial charge >= 0.3 is 5.97 Å². The van der Waals surface area contributed by atoms with E-state index in [4.69, 9.17) is 27.9 Å². The fourth-order valence-electron chi connectivity index (χ4n) is 4.40. The summed E-state index contributed by atoms with van der Waals surface area (Å²) in [5.74, 6) is -1.00. The molecule has 0 saturated heterocycles. The topological polar surface area (TPSA) is 63.7 Å². The van der Waals surface area contributed by atoms with Crippen molar-refractivity contribution in [1.82, 2.24) is 4.90 Å². The molecule has 0 fully saturated rings. The molecule has 0 aromatic heterocycles. The summed E-state index contributed by atoms with van der Waals surface area (Å²) in [4.78, 5) is 28.2. The molecule has 0 saturated carbocycles. The van der Waals surface area contributed by atoms with E-state index in [9.17, 15) is 13.8 Å². The van der Waals surface area contributed by atoms with Gasteiger partial charge in [0.15, 0.2) is 0 Å². The zero-order chi connectivity index (χ0) is 28.0. The Labute approximate surface area is 243 Å². The maximum absolute atomic E-state index is 13.9. The fraction of sp³-hybridized carbons (Fsp3) is 0.355.